The summed E-state index contributed by atoms with van der Waals surface area (Å²) in [5, 5.41) is 5.77. The monoisotopic (exact) mass is 361 g/mol. The van der Waals surface area contributed by atoms with E-state index in [1.54, 1.807) is 20.0 Å². The molecule has 1 unspecified atom stereocenters. The number of aromatic nitrogens is 3. The highest BCUT2D eigenvalue weighted by atomic mass is 35.5. The molecule has 1 atom stereocenters. The third kappa shape index (κ3) is 3.85. The fourth-order valence-corrected chi connectivity index (χ4v) is 2.56. The van der Waals surface area contributed by atoms with E-state index in [-0.39, 0.29) is 42.3 Å². The SMILES string of the molecule is Cc1cc(C(=O)NCC(N)C2CC2)c2c(=O)[nH]n(C)c2n1.Cl.Cl. The van der Waals surface area contributed by atoms with Crippen molar-refractivity contribution in [2.75, 3.05) is 6.54 Å². The highest BCUT2D eigenvalue weighted by molar-refractivity contribution is 6.05. The molecule has 0 spiro atoms. The van der Waals surface area contributed by atoms with E-state index in [1.165, 1.54) is 4.68 Å². The number of hydrogen-bond acceptors (Lipinski definition) is 4. The standard InChI is InChI=1S/C14H19N5O2.2ClH/c1-7-5-9(11-12(17-7)19(2)18-14(11)21)13(20)16-6-10(15)8-3-4-8;;/h5,8,10H,3-4,6,15H2,1-2H3,(H,16,20)(H,18,21);2*1H. The van der Waals surface area contributed by atoms with Crippen molar-refractivity contribution < 1.29 is 4.79 Å². The van der Waals surface area contributed by atoms with Gasteiger partial charge in [-0.15, -0.1) is 24.8 Å². The van der Waals surface area contributed by atoms with Gasteiger partial charge in [-0.05, 0) is 31.7 Å². The number of aryl methyl sites for hydroxylation is 2. The average molecular weight is 362 g/mol. The molecule has 1 aliphatic carbocycles. The molecule has 2 aromatic heterocycles. The molecule has 4 N–H and O–H groups in total. The molecule has 128 valence electrons. The zero-order valence-corrected chi connectivity index (χ0v) is 14.6. The number of nitrogens with zero attached hydrogens (tertiary/aromatic N) is 2. The Morgan fingerprint density at radius 3 is 2.78 bits per heavy atom. The Kier molecular flexibility index (Phi) is 6.21. The van der Waals surface area contributed by atoms with Gasteiger partial charge in [0.15, 0.2) is 5.65 Å². The van der Waals surface area contributed by atoms with Gasteiger partial charge in [-0.2, -0.15) is 0 Å². The van der Waals surface area contributed by atoms with Crippen molar-refractivity contribution in [3.05, 3.63) is 27.7 Å². The molecule has 0 bridgehead atoms. The van der Waals surface area contributed by atoms with Crippen LogP contribution in [0.2, 0.25) is 0 Å². The van der Waals surface area contributed by atoms with Crippen LogP contribution >= 0.6 is 24.8 Å². The van der Waals surface area contributed by atoms with Gasteiger partial charge in [0.1, 0.15) is 0 Å². The van der Waals surface area contributed by atoms with Crippen molar-refractivity contribution in [3.8, 4) is 0 Å². The number of pyridine rings is 1. The van der Waals surface area contributed by atoms with Gasteiger partial charge in [-0.3, -0.25) is 19.4 Å². The third-order valence-electron chi connectivity index (χ3n) is 3.91. The first-order chi connectivity index (χ1) is 9.97. The van der Waals surface area contributed by atoms with Crippen molar-refractivity contribution in [3.63, 3.8) is 0 Å². The van der Waals surface area contributed by atoms with E-state index in [0.717, 1.165) is 12.8 Å². The predicted molar refractivity (Wildman–Crippen MR) is 93.6 cm³/mol. The number of fused-ring (bicyclic) bond motifs is 1. The number of carbonyl (C=O) groups excluding carboxylic acids is 1. The number of hydrogen-bond donors (Lipinski definition) is 3. The lowest BCUT2D eigenvalue weighted by Crippen LogP contribution is -2.38. The molecule has 1 saturated carbocycles. The van der Waals surface area contributed by atoms with Crippen molar-refractivity contribution in [1.82, 2.24) is 20.1 Å². The highest BCUT2D eigenvalue weighted by Gasteiger charge is 2.28. The largest absolute Gasteiger partial charge is 0.350 e. The van der Waals surface area contributed by atoms with Crippen LogP contribution in [0.3, 0.4) is 0 Å². The molecule has 9 heteroatoms. The van der Waals surface area contributed by atoms with E-state index in [1.807, 2.05) is 0 Å². The molecule has 1 aliphatic rings. The molecule has 2 heterocycles. The Bertz CT molecular complexity index is 766. The van der Waals surface area contributed by atoms with Gasteiger partial charge in [0.25, 0.3) is 11.5 Å². The van der Waals surface area contributed by atoms with Crippen LogP contribution in [0.1, 0.15) is 28.9 Å². The Hall–Kier alpha value is -1.57. The minimum atomic E-state index is -0.309. The molecule has 2 aromatic rings. The second-order valence-corrected chi connectivity index (χ2v) is 5.72. The molecule has 0 aliphatic heterocycles. The first-order valence-electron chi connectivity index (χ1n) is 7.07. The van der Waals surface area contributed by atoms with Crippen LogP contribution in [0.4, 0.5) is 0 Å². The number of halogens is 2. The predicted octanol–water partition coefficient (Wildman–Crippen LogP) is 0.881. The number of amides is 1. The second-order valence-electron chi connectivity index (χ2n) is 5.72. The van der Waals surface area contributed by atoms with Crippen LogP contribution < -0.4 is 16.6 Å². The zero-order chi connectivity index (χ0) is 15.1. The summed E-state index contributed by atoms with van der Waals surface area (Å²) in [5.41, 5.74) is 7.20. The fraction of sp³-hybridized carbons (Fsp3) is 0.500. The van der Waals surface area contributed by atoms with Crippen LogP contribution in [0.25, 0.3) is 11.0 Å². The molecule has 0 aromatic carbocycles. The van der Waals surface area contributed by atoms with Crippen LogP contribution in [-0.2, 0) is 7.05 Å². The number of aromatic amines is 1. The quantitative estimate of drug-likeness (QED) is 0.751. The normalized spacial score (nSPS) is 14.7. The van der Waals surface area contributed by atoms with Crippen molar-refractivity contribution >= 4 is 41.8 Å². The van der Waals surface area contributed by atoms with Gasteiger partial charge in [-0.25, -0.2) is 4.98 Å². The second kappa shape index (κ2) is 7.33. The van der Waals surface area contributed by atoms with Gasteiger partial charge in [0.2, 0.25) is 0 Å². The van der Waals surface area contributed by atoms with Gasteiger partial charge in [-0.1, -0.05) is 0 Å². The topological polar surface area (TPSA) is 106 Å². The minimum Gasteiger partial charge on any atom is -0.350 e. The van der Waals surface area contributed by atoms with Crippen LogP contribution in [0, 0.1) is 12.8 Å². The fourth-order valence-electron chi connectivity index (χ4n) is 2.56. The number of carbonyl (C=O) groups is 1. The molecule has 1 fully saturated rings. The summed E-state index contributed by atoms with van der Waals surface area (Å²) in [6, 6.07) is 1.62. The Labute approximate surface area is 145 Å². The van der Waals surface area contributed by atoms with E-state index in [9.17, 15) is 9.59 Å². The first kappa shape index (κ1) is 19.5. The van der Waals surface area contributed by atoms with Crippen molar-refractivity contribution in [2.24, 2.45) is 18.7 Å². The molecule has 0 saturated heterocycles. The van der Waals surface area contributed by atoms with Gasteiger partial charge in [0, 0.05) is 25.3 Å². The Morgan fingerprint density at radius 2 is 2.17 bits per heavy atom. The minimum absolute atomic E-state index is 0. The summed E-state index contributed by atoms with van der Waals surface area (Å²) in [6.45, 7) is 2.22. The lowest BCUT2D eigenvalue weighted by Gasteiger charge is -2.12. The lowest BCUT2D eigenvalue weighted by molar-refractivity contribution is 0.0951. The Balaban J connectivity index is 0.00000132. The maximum Gasteiger partial charge on any atom is 0.274 e. The summed E-state index contributed by atoms with van der Waals surface area (Å²) >= 11 is 0. The average Bonchev–Trinajstić information content (AvgIpc) is 3.23. The maximum atomic E-state index is 12.4. The molecular formula is C14H21Cl2N5O2. The lowest BCUT2D eigenvalue weighted by atomic mass is 10.1. The Morgan fingerprint density at radius 1 is 1.52 bits per heavy atom. The van der Waals surface area contributed by atoms with E-state index in [2.05, 4.69) is 15.4 Å². The molecule has 3 rings (SSSR count). The molecular weight excluding hydrogens is 341 g/mol. The van der Waals surface area contributed by atoms with Crippen LogP contribution in [0.5, 0.6) is 0 Å². The van der Waals surface area contributed by atoms with Gasteiger partial charge in [0.05, 0.1) is 10.9 Å². The van der Waals surface area contributed by atoms with Crippen molar-refractivity contribution in [1.29, 1.82) is 0 Å². The summed E-state index contributed by atoms with van der Waals surface area (Å²) in [7, 11) is 1.70. The van der Waals surface area contributed by atoms with E-state index >= 15 is 0 Å². The molecule has 1 amide bonds. The number of nitrogens with two attached hydrogens (primary N) is 1. The molecule has 0 radical (unpaired) electrons. The van der Waals surface area contributed by atoms with Crippen LogP contribution in [-0.4, -0.2) is 33.3 Å². The van der Waals surface area contributed by atoms with E-state index in [4.69, 9.17) is 5.73 Å². The smallest absolute Gasteiger partial charge is 0.274 e. The summed E-state index contributed by atoms with van der Waals surface area (Å²) < 4.78 is 1.53. The van der Waals surface area contributed by atoms with E-state index < -0.39 is 0 Å². The summed E-state index contributed by atoms with van der Waals surface area (Å²) in [4.78, 5) is 28.6. The van der Waals surface area contributed by atoms with Crippen molar-refractivity contribution in [2.45, 2.75) is 25.8 Å². The molecule has 23 heavy (non-hydrogen) atoms. The number of nitrogens with one attached hydrogen (secondary N) is 2. The summed E-state index contributed by atoms with van der Waals surface area (Å²) in [5.74, 6) is 0.239. The van der Waals surface area contributed by atoms with E-state index in [0.29, 0.717) is 34.8 Å². The highest BCUT2D eigenvalue weighted by Crippen LogP contribution is 2.31. The number of rotatable bonds is 4. The van der Waals surface area contributed by atoms with Gasteiger partial charge >= 0.3 is 0 Å². The zero-order valence-electron chi connectivity index (χ0n) is 13.0. The summed E-state index contributed by atoms with van der Waals surface area (Å²) in [6.07, 6.45) is 2.27. The van der Waals surface area contributed by atoms with Crippen LogP contribution in [0.15, 0.2) is 10.9 Å². The number of H-pyrrole nitrogens is 1. The third-order valence-corrected chi connectivity index (χ3v) is 3.91. The molecule has 7 nitrogen and oxygen atoms in total. The first-order valence-corrected chi connectivity index (χ1v) is 7.07. The van der Waals surface area contributed by atoms with Gasteiger partial charge < -0.3 is 11.1 Å². The maximum absolute atomic E-state index is 12.4.